The van der Waals surface area contributed by atoms with E-state index in [1.165, 1.54) is 41.7 Å². The Morgan fingerprint density at radius 3 is 2.17 bits per heavy atom. The van der Waals surface area contributed by atoms with E-state index in [1.807, 2.05) is 5.38 Å². The molecule has 0 N–H and O–H groups in total. The molecular weight excluding hydrogens is 492 g/mol. The molecule has 30 heavy (non-hydrogen) atoms. The zero-order valence-corrected chi connectivity index (χ0v) is 18.7. The zero-order chi connectivity index (χ0) is 21.4. The van der Waals surface area contributed by atoms with Crippen molar-refractivity contribution in [1.29, 1.82) is 0 Å². The van der Waals surface area contributed by atoms with Gasteiger partial charge in [0.05, 0.1) is 32.1 Å². The Labute approximate surface area is 194 Å². The van der Waals surface area contributed by atoms with Gasteiger partial charge in [0.25, 0.3) is 0 Å². The van der Waals surface area contributed by atoms with Crippen LogP contribution in [0.1, 0.15) is 0 Å². The third kappa shape index (κ3) is 4.27. The van der Waals surface area contributed by atoms with Crippen LogP contribution in [0.15, 0.2) is 65.0 Å². The Bertz CT molecular complexity index is 1330. The molecule has 0 unspecified atom stereocenters. The molecule has 4 aromatic rings. The van der Waals surface area contributed by atoms with Gasteiger partial charge in [0.1, 0.15) is 11.6 Å². The second kappa shape index (κ2) is 8.69. The van der Waals surface area contributed by atoms with Gasteiger partial charge in [0, 0.05) is 16.0 Å². The highest BCUT2D eigenvalue weighted by atomic mass is 35.5. The van der Waals surface area contributed by atoms with Gasteiger partial charge in [-0.25, -0.2) is 13.8 Å². The summed E-state index contributed by atoms with van der Waals surface area (Å²) in [5, 5.41) is 2.76. The first-order valence-corrected chi connectivity index (χ1v) is 10.8. The van der Waals surface area contributed by atoms with Gasteiger partial charge in [-0.2, -0.15) is 0 Å². The Balaban J connectivity index is 2.00. The van der Waals surface area contributed by atoms with Gasteiger partial charge in [-0.3, -0.25) is 4.57 Å². The fourth-order valence-electron chi connectivity index (χ4n) is 2.81. The first-order chi connectivity index (χ1) is 14.3. The number of hydrogen-bond acceptors (Lipinski definition) is 2. The van der Waals surface area contributed by atoms with Crippen molar-refractivity contribution in [3.05, 3.63) is 96.5 Å². The number of halogens is 6. The summed E-state index contributed by atoms with van der Waals surface area (Å²) in [5.41, 5.74) is 2.37. The van der Waals surface area contributed by atoms with E-state index in [2.05, 4.69) is 4.99 Å². The normalized spacial score (nSPS) is 11.9. The number of benzene rings is 3. The average molecular weight is 502 g/mol. The molecule has 0 fully saturated rings. The van der Waals surface area contributed by atoms with Crippen LogP contribution in [0.3, 0.4) is 0 Å². The minimum Gasteiger partial charge on any atom is -0.285 e. The summed E-state index contributed by atoms with van der Waals surface area (Å²) in [6, 6.07) is 13.6. The SMILES string of the molecule is Fc1ccc(N=c2scc(-c3cc(Cl)ccc3Cl)n2-c2ccc(F)c(Cl)c2)cc1Cl. The molecule has 2 nitrogen and oxygen atoms in total. The summed E-state index contributed by atoms with van der Waals surface area (Å²) in [4.78, 5) is 5.11. The summed E-state index contributed by atoms with van der Waals surface area (Å²) in [7, 11) is 0. The lowest BCUT2D eigenvalue weighted by molar-refractivity contribution is 0.627. The van der Waals surface area contributed by atoms with Crippen molar-refractivity contribution in [2.75, 3.05) is 0 Å². The smallest absolute Gasteiger partial charge is 0.195 e. The van der Waals surface area contributed by atoms with E-state index in [-0.39, 0.29) is 10.0 Å². The number of nitrogens with zero attached hydrogens (tertiary/aromatic N) is 2. The largest absolute Gasteiger partial charge is 0.285 e. The minimum absolute atomic E-state index is 0.0369. The van der Waals surface area contributed by atoms with Crippen LogP contribution < -0.4 is 4.80 Å². The molecule has 0 saturated carbocycles. The van der Waals surface area contributed by atoms with Crippen LogP contribution in [0, 0.1) is 11.6 Å². The Hall–Kier alpha value is -1.89. The summed E-state index contributed by atoms with van der Waals surface area (Å²) >= 11 is 25.8. The standard InChI is InChI=1S/C21H10Cl4F2N2S/c22-11-1-4-15(23)14(7-11)20-10-30-21(28-12-2-5-18(26)16(24)8-12)29(20)13-3-6-19(27)17(25)9-13/h1-10H. The van der Waals surface area contributed by atoms with Crippen LogP contribution in [-0.4, -0.2) is 4.57 Å². The molecule has 1 aromatic heterocycles. The van der Waals surface area contributed by atoms with Gasteiger partial charge in [-0.15, -0.1) is 11.3 Å². The van der Waals surface area contributed by atoms with Crippen molar-refractivity contribution in [2.45, 2.75) is 0 Å². The molecule has 0 amide bonds. The predicted molar refractivity (Wildman–Crippen MR) is 121 cm³/mol. The van der Waals surface area contributed by atoms with Crippen molar-refractivity contribution in [1.82, 2.24) is 4.57 Å². The van der Waals surface area contributed by atoms with Gasteiger partial charge in [-0.1, -0.05) is 46.4 Å². The van der Waals surface area contributed by atoms with Crippen molar-refractivity contribution < 1.29 is 8.78 Å². The molecule has 0 atom stereocenters. The monoisotopic (exact) mass is 500 g/mol. The van der Waals surface area contributed by atoms with Crippen LogP contribution in [0.25, 0.3) is 16.9 Å². The Kier molecular flexibility index (Phi) is 6.19. The van der Waals surface area contributed by atoms with Gasteiger partial charge in [-0.05, 0) is 54.6 Å². The summed E-state index contributed by atoms with van der Waals surface area (Å²) in [6.45, 7) is 0. The fraction of sp³-hybridized carbons (Fsp3) is 0. The number of hydrogen-bond donors (Lipinski definition) is 0. The molecule has 0 radical (unpaired) electrons. The van der Waals surface area contributed by atoms with Gasteiger partial charge < -0.3 is 0 Å². The van der Waals surface area contributed by atoms with E-state index in [4.69, 9.17) is 46.4 Å². The van der Waals surface area contributed by atoms with Crippen molar-refractivity contribution in [3.63, 3.8) is 0 Å². The van der Waals surface area contributed by atoms with Crippen molar-refractivity contribution in [2.24, 2.45) is 4.99 Å². The number of rotatable bonds is 3. The third-order valence-electron chi connectivity index (χ3n) is 4.20. The first kappa shape index (κ1) is 21.3. The summed E-state index contributed by atoms with van der Waals surface area (Å²) < 4.78 is 29.0. The van der Waals surface area contributed by atoms with Crippen LogP contribution in [0.2, 0.25) is 20.1 Å². The van der Waals surface area contributed by atoms with Gasteiger partial charge in [0.2, 0.25) is 0 Å². The molecule has 9 heteroatoms. The molecule has 4 rings (SSSR count). The first-order valence-electron chi connectivity index (χ1n) is 8.44. The molecule has 0 bridgehead atoms. The van der Waals surface area contributed by atoms with Crippen LogP contribution in [0.4, 0.5) is 14.5 Å². The van der Waals surface area contributed by atoms with E-state index >= 15 is 0 Å². The molecule has 3 aromatic carbocycles. The number of aromatic nitrogens is 1. The molecule has 0 saturated heterocycles. The maximum absolute atomic E-state index is 13.8. The molecule has 1 heterocycles. The molecular formula is C21H10Cl4F2N2S. The molecule has 0 aliphatic rings. The summed E-state index contributed by atoms with van der Waals surface area (Å²) in [5.74, 6) is -1.08. The lowest BCUT2D eigenvalue weighted by Gasteiger charge is -2.12. The highest BCUT2D eigenvalue weighted by molar-refractivity contribution is 7.07. The molecule has 0 spiro atoms. The highest BCUT2D eigenvalue weighted by Gasteiger charge is 2.15. The van der Waals surface area contributed by atoms with E-state index in [1.54, 1.807) is 28.8 Å². The van der Waals surface area contributed by atoms with Gasteiger partial charge >= 0.3 is 0 Å². The van der Waals surface area contributed by atoms with E-state index in [9.17, 15) is 8.78 Å². The van der Waals surface area contributed by atoms with Gasteiger partial charge in [0.15, 0.2) is 4.80 Å². The summed E-state index contributed by atoms with van der Waals surface area (Å²) in [6.07, 6.45) is 0. The zero-order valence-electron chi connectivity index (χ0n) is 14.8. The molecule has 152 valence electrons. The second-order valence-electron chi connectivity index (χ2n) is 6.17. The third-order valence-corrected chi connectivity index (χ3v) is 6.17. The average Bonchev–Trinajstić information content (AvgIpc) is 3.12. The molecule has 0 aliphatic heterocycles. The van der Waals surface area contributed by atoms with Crippen molar-refractivity contribution >= 4 is 63.4 Å². The second-order valence-corrected chi connectivity index (χ2v) is 8.67. The topological polar surface area (TPSA) is 17.3 Å². The van der Waals surface area contributed by atoms with E-state index in [0.717, 1.165) is 0 Å². The quantitative estimate of drug-likeness (QED) is 0.268. The van der Waals surface area contributed by atoms with E-state index in [0.29, 0.717) is 37.5 Å². The highest BCUT2D eigenvalue weighted by Crippen LogP contribution is 2.33. The predicted octanol–water partition coefficient (Wildman–Crippen LogP) is 8.33. The lowest BCUT2D eigenvalue weighted by atomic mass is 10.1. The molecule has 0 aliphatic carbocycles. The maximum atomic E-state index is 13.8. The minimum atomic E-state index is -0.539. The van der Waals surface area contributed by atoms with Crippen LogP contribution >= 0.6 is 57.7 Å². The lowest BCUT2D eigenvalue weighted by Crippen LogP contribution is -2.14. The fourth-order valence-corrected chi connectivity index (χ4v) is 4.46. The number of thiazole rings is 1. The van der Waals surface area contributed by atoms with E-state index < -0.39 is 11.6 Å². The van der Waals surface area contributed by atoms with Crippen molar-refractivity contribution in [3.8, 4) is 16.9 Å². The Morgan fingerprint density at radius 1 is 0.767 bits per heavy atom. The van der Waals surface area contributed by atoms with Crippen LogP contribution in [0.5, 0.6) is 0 Å². The Morgan fingerprint density at radius 2 is 1.47 bits per heavy atom. The maximum Gasteiger partial charge on any atom is 0.195 e. The van der Waals surface area contributed by atoms with Crippen LogP contribution in [-0.2, 0) is 0 Å².